The number of aryl methyl sites for hydroxylation is 1. The van der Waals surface area contributed by atoms with Crippen LogP contribution in [0.1, 0.15) is 22.7 Å². The zero-order valence-corrected chi connectivity index (χ0v) is 13.0. The number of rotatable bonds is 4. The van der Waals surface area contributed by atoms with Crippen LogP contribution in [-0.4, -0.2) is 7.05 Å². The summed E-state index contributed by atoms with van der Waals surface area (Å²) in [6, 6.07) is 9.96. The van der Waals surface area contributed by atoms with Gasteiger partial charge in [0.2, 0.25) is 0 Å². The van der Waals surface area contributed by atoms with Crippen LogP contribution in [0.25, 0.3) is 0 Å². The largest absolute Gasteiger partial charge is 0.313 e. The Bertz CT molecular complexity index is 613. The summed E-state index contributed by atoms with van der Waals surface area (Å²) >= 11 is 3.23. The van der Waals surface area contributed by atoms with Crippen molar-refractivity contribution in [1.82, 2.24) is 5.32 Å². The average Bonchev–Trinajstić information content (AvgIpc) is 2.42. The van der Waals surface area contributed by atoms with Gasteiger partial charge in [-0.2, -0.15) is 0 Å². The van der Waals surface area contributed by atoms with Crippen molar-refractivity contribution in [2.45, 2.75) is 19.4 Å². The monoisotopic (exact) mass is 339 g/mol. The summed E-state index contributed by atoms with van der Waals surface area (Å²) in [5, 5.41) is 3.06. The summed E-state index contributed by atoms with van der Waals surface area (Å²) in [5.41, 5.74) is 1.72. The van der Waals surface area contributed by atoms with Gasteiger partial charge in [-0.1, -0.05) is 40.2 Å². The summed E-state index contributed by atoms with van der Waals surface area (Å²) in [7, 11) is 1.75. The van der Waals surface area contributed by atoms with Gasteiger partial charge in [0.05, 0.1) is 0 Å². The fraction of sp³-hybridized carbons (Fsp3) is 0.250. The highest BCUT2D eigenvalue weighted by Crippen LogP contribution is 2.25. The molecule has 1 nitrogen and oxygen atoms in total. The fourth-order valence-electron chi connectivity index (χ4n) is 2.21. The van der Waals surface area contributed by atoms with Crippen molar-refractivity contribution in [3.05, 3.63) is 69.2 Å². The van der Waals surface area contributed by atoms with Gasteiger partial charge in [0, 0.05) is 16.1 Å². The molecule has 0 saturated carbocycles. The van der Waals surface area contributed by atoms with E-state index in [1.54, 1.807) is 38.2 Å². The molecule has 20 heavy (non-hydrogen) atoms. The summed E-state index contributed by atoms with van der Waals surface area (Å²) in [6.45, 7) is 1.73. The topological polar surface area (TPSA) is 12.0 Å². The van der Waals surface area contributed by atoms with Gasteiger partial charge < -0.3 is 5.32 Å². The minimum atomic E-state index is -0.285. The van der Waals surface area contributed by atoms with E-state index in [4.69, 9.17) is 0 Å². The molecule has 0 fully saturated rings. The summed E-state index contributed by atoms with van der Waals surface area (Å²) in [5.74, 6) is -0.517. The minimum Gasteiger partial charge on any atom is -0.313 e. The van der Waals surface area contributed by atoms with Crippen molar-refractivity contribution >= 4 is 15.9 Å². The first kappa shape index (κ1) is 15.1. The predicted molar refractivity (Wildman–Crippen MR) is 80.7 cm³/mol. The van der Waals surface area contributed by atoms with Gasteiger partial charge in [-0.15, -0.1) is 0 Å². The quantitative estimate of drug-likeness (QED) is 0.862. The molecule has 4 heteroatoms. The molecule has 0 aromatic heterocycles. The molecule has 1 unspecified atom stereocenters. The molecule has 2 rings (SSSR count). The lowest BCUT2D eigenvalue weighted by molar-refractivity contribution is 0.516. The second kappa shape index (κ2) is 6.46. The Kier molecular flexibility index (Phi) is 4.89. The number of likely N-dealkylation sites (N-methyl/N-ethyl adjacent to an activating group) is 1. The molecule has 0 heterocycles. The van der Waals surface area contributed by atoms with Gasteiger partial charge in [0.15, 0.2) is 0 Å². The Morgan fingerprint density at radius 3 is 2.60 bits per heavy atom. The van der Waals surface area contributed by atoms with E-state index in [1.807, 2.05) is 6.07 Å². The van der Waals surface area contributed by atoms with E-state index in [2.05, 4.69) is 21.2 Å². The number of halogens is 3. The van der Waals surface area contributed by atoms with E-state index in [1.165, 1.54) is 6.07 Å². The van der Waals surface area contributed by atoms with E-state index < -0.39 is 0 Å². The Hall–Kier alpha value is -1.26. The SMILES string of the molecule is CNC(Cc1ccc(Br)cc1F)c1cccc(C)c1F. The minimum absolute atomic E-state index is 0.232. The normalized spacial score (nSPS) is 12.4. The van der Waals surface area contributed by atoms with E-state index in [9.17, 15) is 8.78 Å². The van der Waals surface area contributed by atoms with Gasteiger partial charge >= 0.3 is 0 Å². The lowest BCUT2D eigenvalue weighted by atomic mass is 9.97. The molecule has 0 aliphatic heterocycles. The van der Waals surface area contributed by atoms with Crippen LogP contribution in [0.5, 0.6) is 0 Å². The standard InChI is InChI=1S/C16H16BrF2N/c1-10-4-3-5-13(16(10)19)15(20-2)8-11-6-7-12(17)9-14(11)18/h3-7,9,15,20H,8H2,1-2H3. The summed E-state index contributed by atoms with van der Waals surface area (Å²) < 4.78 is 28.8. The lowest BCUT2D eigenvalue weighted by Gasteiger charge is -2.18. The van der Waals surface area contributed by atoms with E-state index >= 15 is 0 Å². The third-order valence-electron chi connectivity index (χ3n) is 3.38. The number of hydrogen-bond acceptors (Lipinski definition) is 1. The Morgan fingerprint density at radius 2 is 1.95 bits per heavy atom. The zero-order valence-electron chi connectivity index (χ0n) is 11.4. The Morgan fingerprint density at radius 1 is 1.20 bits per heavy atom. The van der Waals surface area contributed by atoms with Crippen molar-refractivity contribution in [2.75, 3.05) is 7.05 Å². The van der Waals surface area contributed by atoms with Gasteiger partial charge in [-0.05, 0) is 43.7 Å². The van der Waals surface area contributed by atoms with Crippen molar-refractivity contribution in [3.63, 3.8) is 0 Å². The molecule has 0 saturated heterocycles. The Balaban J connectivity index is 2.31. The smallest absolute Gasteiger partial charge is 0.130 e. The van der Waals surface area contributed by atoms with Crippen molar-refractivity contribution < 1.29 is 8.78 Å². The van der Waals surface area contributed by atoms with Crippen LogP contribution < -0.4 is 5.32 Å². The lowest BCUT2D eigenvalue weighted by Crippen LogP contribution is -2.21. The zero-order chi connectivity index (χ0) is 14.7. The average molecular weight is 340 g/mol. The second-order valence-electron chi connectivity index (χ2n) is 4.76. The van der Waals surface area contributed by atoms with Crippen molar-refractivity contribution in [3.8, 4) is 0 Å². The van der Waals surface area contributed by atoms with Crippen LogP contribution in [0.15, 0.2) is 40.9 Å². The van der Waals surface area contributed by atoms with E-state index in [0.29, 0.717) is 27.6 Å². The van der Waals surface area contributed by atoms with Crippen molar-refractivity contribution in [1.29, 1.82) is 0 Å². The van der Waals surface area contributed by atoms with Crippen LogP contribution in [0.2, 0.25) is 0 Å². The molecule has 0 radical (unpaired) electrons. The van der Waals surface area contributed by atoms with Gasteiger partial charge in [0.1, 0.15) is 11.6 Å². The molecule has 1 atom stereocenters. The molecule has 0 aliphatic rings. The first-order valence-electron chi connectivity index (χ1n) is 6.39. The molecule has 0 aliphatic carbocycles. The highest BCUT2D eigenvalue weighted by Gasteiger charge is 2.17. The van der Waals surface area contributed by atoms with Gasteiger partial charge in [-0.25, -0.2) is 8.78 Å². The van der Waals surface area contributed by atoms with Gasteiger partial charge in [-0.3, -0.25) is 0 Å². The van der Waals surface area contributed by atoms with Crippen LogP contribution in [0, 0.1) is 18.6 Å². The van der Waals surface area contributed by atoms with Crippen molar-refractivity contribution in [2.24, 2.45) is 0 Å². The van der Waals surface area contributed by atoms with E-state index in [0.717, 1.165) is 0 Å². The number of nitrogens with one attached hydrogen (secondary N) is 1. The first-order valence-corrected chi connectivity index (χ1v) is 7.18. The molecule has 0 amide bonds. The molecule has 2 aromatic carbocycles. The molecule has 2 aromatic rings. The fourth-order valence-corrected chi connectivity index (χ4v) is 2.55. The maximum absolute atomic E-state index is 14.2. The van der Waals surface area contributed by atoms with Crippen LogP contribution in [0.4, 0.5) is 8.78 Å². The maximum atomic E-state index is 14.2. The maximum Gasteiger partial charge on any atom is 0.130 e. The predicted octanol–water partition coefficient (Wildman–Crippen LogP) is 4.54. The van der Waals surface area contributed by atoms with E-state index in [-0.39, 0.29) is 17.7 Å². The highest BCUT2D eigenvalue weighted by molar-refractivity contribution is 9.10. The molecule has 1 N–H and O–H groups in total. The number of benzene rings is 2. The number of hydrogen-bond donors (Lipinski definition) is 1. The Labute approximate surface area is 126 Å². The second-order valence-corrected chi connectivity index (χ2v) is 5.67. The summed E-state index contributed by atoms with van der Waals surface area (Å²) in [6.07, 6.45) is 0.399. The third-order valence-corrected chi connectivity index (χ3v) is 3.88. The molecule has 0 spiro atoms. The highest BCUT2D eigenvalue weighted by atomic mass is 79.9. The third kappa shape index (κ3) is 3.25. The molecule has 0 bridgehead atoms. The van der Waals surface area contributed by atoms with Gasteiger partial charge in [0.25, 0.3) is 0 Å². The van der Waals surface area contributed by atoms with Crippen LogP contribution in [-0.2, 0) is 6.42 Å². The molecule has 106 valence electrons. The molecular weight excluding hydrogens is 324 g/mol. The summed E-state index contributed by atoms with van der Waals surface area (Å²) in [4.78, 5) is 0. The first-order chi connectivity index (χ1) is 9.52. The molecular formula is C16H16BrF2N. The van der Waals surface area contributed by atoms with Crippen LogP contribution >= 0.6 is 15.9 Å². The van der Waals surface area contributed by atoms with Crippen LogP contribution in [0.3, 0.4) is 0 Å².